The Kier molecular flexibility index (Phi) is 7.03. The van der Waals surface area contributed by atoms with Crippen LogP contribution in [0, 0.1) is 0 Å². The second-order valence-corrected chi connectivity index (χ2v) is 6.04. The molecule has 0 spiro atoms. The predicted molar refractivity (Wildman–Crippen MR) is 99.6 cm³/mol. The third-order valence-corrected chi connectivity index (χ3v) is 4.05. The Morgan fingerprint density at radius 3 is 2.55 bits per heavy atom. The van der Waals surface area contributed by atoms with E-state index in [1.54, 1.807) is 31.2 Å². The summed E-state index contributed by atoms with van der Waals surface area (Å²) >= 11 is 0. The van der Waals surface area contributed by atoms with Gasteiger partial charge in [0, 0.05) is 24.5 Å². The maximum absolute atomic E-state index is 12.9. The summed E-state index contributed by atoms with van der Waals surface area (Å²) in [5, 5.41) is 2.61. The summed E-state index contributed by atoms with van der Waals surface area (Å²) < 4.78 is 44.3. The summed E-state index contributed by atoms with van der Waals surface area (Å²) in [6, 6.07) is 8.31. The van der Waals surface area contributed by atoms with Crippen molar-refractivity contribution in [3.05, 3.63) is 58.5 Å². The number of nitrogens with one attached hydrogen (secondary N) is 1. The fraction of sp³-hybridized carbons (Fsp3) is 0.316. The highest BCUT2D eigenvalue weighted by Gasteiger charge is 2.34. The molecule has 0 aliphatic carbocycles. The van der Waals surface area contributed by atoms with E-state index in [-0.39, 0.29) is 13.1 Å². The van der Waals surface area contributed by atoms with Gasteiger partial charge in [0.15, 0.2) is 0 Å². The van der Waals surface area contributed by atoms with E-state index in [1.165, 1.54) is 7.11 Å². The molecule has 0 unspecified atom stereocenters. The lowest BCUT2D eigenvalue weighted by atomic mass is 10.2. The average Bonchev–Trinajstić information content (AvgIpc) is 2.66. The molecule has 0 bridgehead atoms. The summed E-state index contributed by atoms with van der Waals surface area (Å²) in [5.41, 5.74) is -2.20. The minimum Gasteiger partial charge on any atom is -0.497 e. The highest BCUT2D eigenvalue weighted by atomic mass is 19.4. The predicted octanol–water partition coefficient (Wildman–Crippen LogP) is 2.36. The highest BCUT2D eigenvalue weighted by molar-refractivity contribution is 5.94. The van der Waals surface area contributed by atoms with Crippen molar-refractivity contribution in [3.8, 4) is 5.75 Å². The van der Waals surface area contributed by atoms with Crippen molar-refractivity contribution in [1.29, 1.82) is 0 Å². The first kappa shape index (κ1) is 22.0. The Morgan fingerprint density at radius 2 is 1.93 bits per heavy atom. The van der Waals surface area contributed by atoms with E-state index in [0.717, 1.165) is 17.2 Å². The van der Waals surface area contributed by atoms with Gasteiger partial charge in [-0.2, -0.15) is 13.2 Å². The molecular formula is C19H20F3N3O4. The Bertz CT molecular complexity index is 941. The maximum atomic E-state index is 12.9. The van der Waals surface area contributed by atoms with Gasteiger partial charge in [0.1, 0.15) is 17.9 Å². The summed E-state index contributed by atoms with van der Waals surface area (Å²) in [7, 11) is 1.48. The lowest BCUT2D eigenvalue weighted by Crippen LogP contribution is -2.41. The number of carbonyl (C=O) groups is 2. The van der Waals surface area contributed by atoms with Crippen LogP contribution in [-0.2, 0) is 22.3 Å². The first-order chi connectivity index (χ1) is 13.7. The molecule has 1 aromatic heterocycles. The SMILES string of the molecule is CCN(CC(=O)Nc1cccc(OC)c1)C(=O)Cn1cccc(C(F)(F)F)c1=O. The van der Waals surface area contributed by atoms with Crippen molar-refractivity contribution in [1.82, 2.24) is 9.47 Å². The van der Waals surface area contributed by atoms with E-state index >= 15 is 0 Å². The van der Waals surface area contributed by atoms with Crippen molar-refractivity contribution in [2.45, 2.75) is 19.6 Å². The van der Waals surface area contributed by atoms with Gasteiger partial charge in [0.25, 0.3) is 5.56 Å². The van der Waals surface area contributed by atoms with Crippen LogP contribution in [0.2, 0.25) is 0 Å². The molecule has 7 nitrogen and oxygen atoms in total. The van der Waals surface area contributed by atoms with Gasteiger partial charge in [-0.25, -0.2) is 0 Å². The van der Waals surface area contributed by atoms with Crippen molar-refractivity contribution in [2.75, 3.05) is 25.5 Å². The van der Waals surface area contributed by atoms with Crippen LogP contribution in [0.4, 0.5) is 18.9 Å². The monoisotopic (exact) mass is 411 g/mol. The number of carbonyl (C=O) groups excluding carboxylic acids is 2. The van der Waals surface area contributed by atoms with Crippen LogP contribution in [0.3, 0.4) is 0 Å². The molecule has 1 aromatic carbocycles. The molecule has 0 aliphatic heterocycles. The van der Waals surface area contributed by atoms with Crippen molar-refractivity contribution in [2.24, 2.45) is 0 Å². The molecule has 156 valence electrons. The topological polar surface area (TPSA) is 80.6 Å². The number of halogens is 3. The van der Waals surface area contributed by atoms with Crippen molar-refractivity contribution in [3.63, 3.8) is 0 Å². The van der Waals surface area contributed by atoms with Gasteiger partial charge in [-0.05, 0) is 31.2 Å². The summed E-state index contributed by atoms with van der Waals surface area (Å²) in [6.45, 7) is 0.826. The first-order valence-corrected chi connectivity index (χ1v) is 8.64. The molecule has 2 aromatic rings. The number of ether oxygens (including phenoxy) is 1. The van der Waals surface area contributed by atoms with E-state index in [9.17, 15) is 27.6 Å². The van der Waals surface area contributed by atoms with Crippen molar-refractivity contribution >= 4 is 17.5 Å². The largest absolute Gasteiger partial charge is 0.497 e. The smallest absolute Gasteiger partial charge is 0.421 e. The van der Waals surface area contributed by atoms with E-state index in [1.807, 2.05) is 0 Å². The number of hydrogen-bond acceptors (Lipinski definition) is 4. The second kappa shape index (κ2) is 9.26. The molecule has 1 N–H and O–H groups in total. The first-order valence-electron chi connectivity index (χ1n) is 8.64. The van der Waals surface area contributed by atoms with E-state index in [4.69, 9.17) is 4.74 Å². The van der Waals surface area contributed by atoms with Gasteiger partial charge < -0.3 is 19.5 Å². The number of likely N-dealkylation sites (N-methyl/N-ethyl adjacent to an activating group) is 1. The zero-order valence-corrected chi connectivity index (χ0v) is 15.8. The van der Waals surface area contributed by atoms with Crippen LogP contribution in [0.1, 0.15) is 12.5 Å². The van der Waals surface area contributed by atoms with Crippen LogP contribution in [0.25, 0.3) is 0 Å². The Morgan fingerprint density at radius 1 is 1.21 bits per heavy atom. The van der Waals surface area contributed by atoms with Gasteiger partial charge in [-0.3, -0.25) is 14.4 Å². The molecule has 2 amide bonds. The summed E-state index contributed by atoms with van der Waals surface area (Å²) in [6.07, 6.45) is -3.72. The van der Waals surface area contributed by atoms with Gasteiger partial charge in [0.2, 0.25) is 11.8 Å². The minimum absolute atomic E-state index is 0.137. The van der Waals surface area contributed by atoms with Crippen LogP contribution in [-0.4, -0.2) is 41.5 Å². The van der Waals surface area contributed by atoms with Crippen LogP contribution >= 0.6 is 0 Å². The third-order valence-electron chi connectivity index (χ3n) is 4.05. The Hall–Kier alpha value is -3.30. The minimum atomic E-state index is -4.82. The number of anilines is 1. The fourth-order valence-electron chi connectivity index (χ4n) is 2.57. The molecule has 0 aliphatic rings. The van der Waals surface area contributed by atoms with E-state index in [0.29, 0.717) is 22.1 Å². The summed E-state index contributed by atoms with van der Waals surface area (Å²) in [4.78, 5) is 37.8. The molecule has 0 fully saturated rings. The van der Waals surface area contributed by atoms with Crippen LogP contribution in [0.5, 0.6) is 5.75 Å². The molecule has 2 rings (SSSR count). The number of amides is 2. The lowest BCUT2D eigenvalue weighted by molar-refractivity contribution is -0.139. The Balaban J connectivity index is 2.07. The number of methoxy groups -OCH3 is 1. The molecule has 29 heavy (non-hydrogen) atoms. The summed E-state index contributed by atoms with van der Waals surface area (Å²) in [5.74, 6) is -0.616. The number of hydrogen-bond donors (Lipinski definition) is 1. The standard InChI is InChI=1S/C19H20F3N3O4/c1-3-24(11-16(26)23-13-6-4-7-14(10-13)29-2)17(27)12-25-9-5-8-15(18(25)28)19(20,21)22/h4-10H,3,11-12H2,1-2H3,(H,23,26). The van der Waals surface area contributed by atoms with Gasteiger partial charge in [0.05, 0.1) is 13.7 Å². The molecule has 0 atom stereocenters. The number of nitrogens with zero attached hydrogens (tertiary/aromatic N) is 2. The van der Waals surface area contributed by atoms with E-state index in [2.05, 4.69) is 5.32 Å². The number of aromatic nitrogens is 1. The maximum Gasteiger partial charge on any atom is 0.421 e. The zero-order chi connectivity index (χ0) is 21.6. The van der Waals surface area contributed by atoms with Gasteiger partial charge >= 0.3 is 6.18 Å². The lowest BCUT2D eigenvalue weighted by Gasteiger charge is -2.21. The molecular weight excluding hydrogens is 391 g/mol. The fourth-order valence-corrected chi connectivity index (χ4v) is 2.57. The zero-order valence-electron chi connectivity index (χ0n) is 15.8. The third kappa shape index (κ3) is 5.84. The highest BCUT2D eigenvalue weighted by Crippen LogP contribution is 2.26. The average molecular weight is 411 g/mol. The molecule has 0 saturated carbocycles. The number of rotatable bonds is 7. The quantitative estimate of drug-likeness (QED) is 0.759. The van der Waals surface area contributed by atoms with Gasteiger partial charge in [-0.15, -0.1) is 0 Å². The van der Waals surface area contributed by atoms with Crippen LogP contribution in [0.15, 0.2) is 47.4 Å². The number of benzene rings is 1. The second-order valence-electron chi connectivity index (χ2n) is 6.04. The molecule has 0 radical (unpaired) electrons. The molecule has 1 heterocycles. The van der Waals surface area contributed by atoms with Gasteiger partial charge in [-0.1, -0.05) is 6.07 Å². The normalized spacial score (nSPS) is 11.1. The molecule has 0 saturated heterocycles. The van der Waals surface area contributed by atoms with Crippen LogP contribution < -0.4 is 15.6 Å². The Labute approximate surface area is 164 Å². The number of alkyl halides is 3. The van der Waals surface area contributed by atoms with E-state index < -0.39 is 35.7 Å². The molecule has 10 heteroatoms. The van der Waals surface area contributed by atoms with Crippen molar-refractivity contribution < 1.29 is 27.5 Å². The number of pyridine rings is 1.